The van der Waals surface area contributed by atoms with Crippen LogP contribution < -0.4 is 0 Å². The fourth-order valence-corrected chi connectivity index (χ4v) is 0. The Morgan fingerprint density at radius 2 is 2.14 bits per heavy atom. The minimum Gasteiger partial charge on any atom is -1.00 e. The van der Waals surface area contributed by atoms with Crippen LogP contribution in [0.15, 0.2) is 0 Å². The van der Waals surface area contributed by atoms with Gasteiger partial charge in [0.15, 0.2) is 0 Å². The van der Waals surface area contributed by atoms with Gasteiger partial charge in [-0.25, -0.2) is 0 Å². The Kier molecular flexibility index (Phi) is 8.73. The molecule has 1 N–H and O–H groups in total. The zero-order valence-electron chi connectivity index (χ0n) is 6.02. The van der Waals surface area contributed by atoms with Crippen LogP contribution in [0.5, 0.6) is 0 Å². The van der Waals surface area contributed by atoms with E-state index in [-0.39, 0.29) is 51.7 Å². The van der Waals surface area contributed by atoms with Crippen LogP contribution in [0.1, 0.15) is 9.78 Å². The first-order valence-electron chi connectivity index (χ1n) is 1.51. The summed E-state index contributed by atoms with van der Waals surface area (Å²) >= 11 is 5.01. The summed E-state index contributed by atoms with van der Waals surface area (Å²) in [7, 11) is 0. The molecule has 0 bridgehead atoms. The maximum atomic E-state index is 9.57. The van der Waals surface area contributed by atoms with Gasteiger partial charge in [0.2, 0.25) is 0 Å². The molecule has 0 fully saturated rings. The number of halogens is 1. The van der Waals surface area contributed by atoms with Gasteiger partial charge in [0.05, 0.1) is 0 Å². The molecule has 7 heavy (non-hydrogen) atoms. The van der Waals surface area contributed by atoms with Crippen molar-refractivity contribution in [1.29, 1.82) is 0 Å². The van der Waals surface area contributed by atoms with Crippen molar-refractivity contribution >= 4 is 66.5 Å². The maximum Gasteiger partial charge on any atom is 2.00 e. The summed E-state index contributed by atoms with van der Waals surface area (Å²) in [5.41, 5.74) is 0. The molecule has 0 spiro atoms. The summed E-state index contributed by atoms with van der Waals surface area (Å²) < 4.78 is 0. The largest absolute Gasteiger partial charge is 2.00 e. The van der Waals surface area contributed by atoms with Crippen molar-refractivity contribution < 1.29 is 12.8 Å². The molecular weight excluding hydrogens is 241 g/mol. The van der Waals surface area contributed by atoms with Gasteiger partial charge < -0.3 is 7.96 Å². The van der Waals surface area contributed by atoms with Gasteiger partial charge in [0.1, 0.15) is 5.38 Å². The third-order valence-electron chi connectivity index (χ3n) is 0.340. The first-order valence-corrected chi connectivity index (χ1v) is 1.95. The summed E-state index contributed by atoms with van der Waals surface area (Å²) in [6.07, 6.45) is 0. The zero-order chi connectivity index (χ0) is 5.15. The first-order chi connectivity index (χ1) is 2.64. The fraction of sp³-hybridized carbons (Fsp3) is 0.667. The van der Waals surface area contributed by atoms with Crippen molar-refractivity contribution in [3.05, 3.63) is 0 Å². The number of aliphatic carboxylic acids is 1. The number of carboxylic acid groups (broad SMARTS) is 1. The molecule has 0 aliphatic rings. The van der Waals surface area contributed by atoms with Gasteiger partial charge >= 0.3 is 54.9 Å². The SMILES string of the molecule is CC(Cl)C(=O)O.[Ba+2].[H-].[H-]. The Bertz CT molecular complexity index is 70.8. The predicted octanol–water partition coefficient (Wildman–Crippen LogP) is 0.542. The van der Waals surface area contributed by atoms with E-state index < -0.39 is 11.3 Å². The van der Waals surface area contributed by atoms with Crippen molar-refractivity contribution in [2.45, 2.75) is 12.3 Å². The minimum atomic E-state index is -0.975. The summed E-state index contributed by atoms with van der Waals surface area (Å²) in [5, 5.41) is 7.10. The van der Waals surface area contributed by atoms with Gasteiger partial charge in [0.25, 0.3) is 0 Å². The smallest absolute Gasteiger partial charge is 1.00 e. The van der Waals surface area contributed by atoms with E-state index in [1.807, 2.05) is 0 Å². The molecule has 2 nitrogen and oxygen atoms in total. The quantitative estimate of drug-likeness (QED) is 0.543. The van der Waals surface area contributed by atoms with Crippen molar-refractivity contribution in [1.82, 2.24) is 0 Å². The molecule has 0 saturated heterocycles. The zero-order valence-corrected chi connectivity index (χ0v) is 9.21. The second-order valence-corrected chi connectivity index (χ2v) is 1.61. The van der Waals surface area contributed by atoms with Crippen LogP contribution in [-0.2, 0) is 4.79 Å². The second kappa shape index (κ2) is 5.47. The molecule has 1 atom stereocenters. The molecule has 4 heteroatoms. The van der Waals surface area contributed by atoms with Crippen LogP contribution in [0.25, 0.3) is 0 Å². The molecule has 0 heterocycles. The Morgan fingerprint density at radius 3 is 2.14 bits per heavy atom. The molecule has 0 saturated carbocycles. The summed E-state index contributed by atoms with van der Waals surface area (Å²) in [6, 6.07) is 0. The Labute approximate surface area is 90.3 Å². The fourth-order valence-electron chi connectivity index (χ4n) is 0. The molecule has 1 unspecified atom stereocenters. The Hall–Kier alpha value is 1.33. The number of rotatable bonds is 1. The van der Waals surface area contributed by atoms with E-state index in [0.717, 1.165) is 0 Å². The van der Waals surface area contributed by atoms with E-state index in [2.05, 4.69) is 0 Å². The molecule has 0 aromatic rings. The number of hydrogen-bond donors (Lipinski definition) is 1. The van der Waals surface area contributed by atoms with Crippen molar-refractivity contribution in [2.75, 3.05) is 0 Å². The molecule has 0 aromatic heterocycles. The number of alkyl halides is 1. The van der Waals surface area contributed by atoms with Crippen LogP contribution in [0, 0.1) is 0 Å². The number of hydrogen-bond acceptors (Lipinski definition) is 1. The standard InChI is InChI=1S/C3H5ClO2.Ba.2H/c1-2(4)3(5)6;;;/h2H,1H3,(H,5,6);;;/q;+2;2*-1. The monoisotopic (exact) mass is 248 g/mol. The molecule has 0 rings (SSSR count). The predicted molar refractivity (Wildman–Crippen MR) is 30.9 cm³/mol. The molecule has 0 aliphatic carbocycles. The topological polar surface area (TPSA) is 37.3 Å². The number of carbonyl (C=O) groups is 1. The summed E-state index contributed by atoms with van der Waals surface area (Å²) in [4.78, 5) is 9.57. The van der Waals surface area contributed by atoms with E-state index in [9.17, 15) is 4.79 Å². The molecule has 0 radical (unpaired) electrons. The van der Waals surface area contributed by atoms with Gasteiger partial charge in [-0.15, -0.1) is 11.6 Å². The van der Waals surface area contributed by atoms with Gasteiger partial charge in [-0.2, -0.15) is 0 Å². The molecule has 0 aromatic carbocycles. The van der Waals surface area contributed by atoms with Crippen molar-refractivity contribution in [2.24, 2.45) is 0 Å². The first kappa shape index (κ1) is 11.2. The van der Waals surface area contributed by atoms with Crippen LogP contribution in [0.2, 0.25) is 0 Å². The van der Waals surface area contributed by atoms with Crippen LogP contribution in [-0.4, -0.2) is 65.3 Å². The summed E-state index contributed by atoms with van der Waals surface area (Å²) in [6.45, 7) is 1.41. The van der Waals surface area contributed by atoms with Crippen molar-refractivity contribution in [3.8, 4) is 0 Å². The van der Waals surface area contributed by atoms with Crippen LogP contribution >= 0.6 is 11.6 Å². The van der Waals surface area contributed by atoms with Gasteiger partial charge in [-0.05, 0) is 6.92 Å². The van der Waals surface area contributed by atoms with E-state index in [0.29, 0.717) is 0 Å². The third-order valence-corrected chi connectivity index (χ3v) is 0.527. The van der Waals surface area contributed by atoms with E-state index >= 15 is 0 Å². The van der Waals surface area contributed by atoms with E-state index in [1.54, 1.807) is 0 Å². The van der Waals surface area contributed by atoms with Crippen LogP contribution in [0.4, 0.5) is 0 Å². The number of carboxylic acids is 1. The van der Waals surface area contributed by atoms with Gasteiger partial charge in [-0.1, -0.05) is 0 Å². The third kappa shape index (κ3) is 7.33. The normalized spacial score (nSPS) is 11.7. The average molecular weight is 248 g/mol. The molecule has 40 valence electrons. The summed E-state index contributed by atoms with van der Waals surface area (Å²) in [5.74, 6) is -0.975. The maximum absolute atomic E-state index is 9.57. The van der Waals surface area contributed by atoms with Gasteiger partial charge in [-0.3, -0.25) is 4.79 Å². The van der Waals surface area contributed by atoms with E-state index in [1.165, 1.54) is 6.92 Å². The Balaban J connectivity index is -0.0000000417. The average Bonchev–Trinajstić information content (AvgIpc) is 1.36. The Morgan fingerprint density at radius 1 is 2.00 bits per heavy atom. The molecule has 0 amide bonds. The van der Waals surface area contributed by atoms with Crippen LogP contribution in [0.3, 0.4) is 0 Å². The van der Waals surface area contributed by atoms with E-state index in [4.69, 9.17) is 16.7 Å². The minimum absolute atomic E-state index is 0. The molecular formula is C3H7BaClO2. The van der Waals surface area contributed by atoms with Crippen molar-refractivity contribution in [3.63, 3.8) is 0 Å². The second-order valence-electron chi connectivity index (χ2n) is 0.954. The van der Waals surface area contributed by atoms with Gasteiger partial charge in [0, 0.05) is 0 Å². The molecule has 0 aliphatic heterocycles.